The standard InChI is InChI=1S/C15H22ClN3O2/c1-11(2)8-15(5-3-4-6-15)10-18-14-13(19(20)21)7-12(16)9-17-14/h7,9,11H,3-6,8,10H2,1-2H3,(H,17,18). The molecule has 0 aliphatic heterocycles. The molecule has 0 spiro atoms. The molecule has 1 saturated carbocycles. The normalized spacial score (nSPS) is 17.1. The van der Waals surface area contributed by atoms with E-state index in [2.05, 4.69) is 24.1 Å². The van der Waals surface area contributed by atoms with E-state index >= 15 is 0 Å². The predicted molar refractivity (Wildman–Crippen MR) is 84.7 cm³/mol. The fourth-order valence-corrected chi connectivity index (χ4v) is 3.57. The fraction of sp³-hybridized carbons (Fsp3) is 0.667. The number of nitro groups is 1. The summed E-state index contributed by atoms with van der Waals surface area (Å²) in [5, 5.41) is 14.6. The minimum Gasteiger partial charge on any atom is -0.364 e. The SMILES string of the molecule is CC(C)CC1(CNc2ncc(Cl)cc2[N+](=O)[O-])CCCC1. The van der Waals surface area contributed by atoms with Crippen molar-refractivity contribution in [1.82, 2.24) is 4.98 Å². The molecule has 0 unspecified atom stereocenters. The lowest BCUT2D eigenvalue weighted by atomic mass is 9.78. The predicted octanol–water partition coefficient (Wildman–Crippen LogP) is 4.66. The summed E-state index contributed by atoms with van der Waals surface area (Å²) < 4.78 is 0. The highest BCUT2D eigenvalue weighted by Crippen LogP contribution is 2.43. The Labute approximate surface area is 130 Å². The van der Waals surface area contributed by atoms with Gasteiger partial charge < -0.3 is 5.32 Å². The molecular weight excluding hydrogens is 290 g/mol. The molecule has 0 bridgehead atoms. The van der Waals surface area contributed by atoms with E-state index < -0.39 is 4.92 Å². The van der Waals surface area contributed by atoms with Crippen molar-refractivity contribution >= 4 is 23.1 Å². The lowest BCUT2D eigenvalue weighted by molar-refractivity contribution is -0.384. The van der Waals surface area contributed by atoms with Crippen LogP contribution in [0.2, 0.25) is 5.02 Å². The summed E-state index contributed by atoms with van der Waals surface area (Å²) >= 11 is 5.79. The van der Waals surface area contributed by atoms with Crippen LogP contribution in [0.25, 0.3) is 0 Å². The molecule has 5 nitrogen and oxygen atoms in total. The molecule has 1 N–H and O–H groups in total. The molecule has 6 heteroatoms. The summed E-state index contributed by atoms with van der Waals surface area (Å²) in [6.45, 7) is 5.19. The molecule has 1 aliphatic carbocycles. The van der Waals surface area contributed by atoms with Crippen molar-refractivity contribution < 1.29 is 4.92 Å². The van der Waals surface area contributed by atoms with Gasteiger partial charge in [-0.2, -0.15) is 0 Å². The van der Waals surface area contributed by atoms with Crippen molar-refractivity contribution in [3.63, 3.8) is 0 Å². The first-order valence-corrected chi connectivity index (χ1v) is 7.83. The van der Waals surface area contributed by atoms with E-state index in [1.54, 1.807) is 0 Å². The maximum Gasteiger partial charge on any atom is 0.312 e. The van der Waals surface area contributed by atoms with Crippen LogP contribution in [0, 0.1) is 21.4 Å². The quantitative estimate of drug-likeness (QED) is 0.612. The second-order valence-electron chi connectivity index (χ2n) is 6.44. The molecule has 21 heavy (non-hydrogen) atoms. The lowest BCUT2D eigenvalue weighted by Gasteiger charge is -2.31. The van der Waals surface area contributed by atoms with Crippen LogP contribution in [-0.4, -0.2) is 16.5 Å². The van der Waals surface area contributed by atoms with Crippen LogP contribution in [0.15, 0.2) is 12.3 Å². The van der Waals surface area contributed by atoms with Gasteiger partial charge in [0.2, 0.25) is 5.82 Å². The molecule has 0 radical (unpaired) electrons. The highest BCUT2D eigenvalue weighted by molar-refractivity contribution is 6.30. The summed E-state index contributed by atoms with van der Waals surface area (Å²) in [5.74, 6) is 0.942. The van der Waals surface area contributed by atoms with Crippen molar-refractivity contribution in [2.45, 2.75) is 46.0 Å². The third-order valence-electron chi connectivity index (χ3n) is 4.17. The van der Waals surface area contributed by atoms with Gasteiger partial charge in [-0.1, -0.05) is 38.3 Å². The number of anilines is 1. The number of pyridine rings is 1. The first-order valence-electron chi connectivity index (χ1n) is 7.46. The van der Waals surface area contributed by atoms with E-state index in [9.17, 15) is 10.1 Å². The Morgan fingerprint density at radius 1 is 1.48 bits per heavy atom. The molecule has 0 atom stereocenters. The highest BCUT2D eigenvalue weighted by atomic mass is 35.5. The van der Waals surface area contributed by atoms with Gasteiger partial charge in [-0.15, -0.1) is 0 Å². The van der Waals surface area contributed by atoms with Crippen molar-refractivity contribution in [3.8, 4) is 0 Å². The van der Waals surface area contributed by atoms with Crippen molar-refractivity contribution in [2.24, 2.45) is 11.3 Å². The molecule has 0 amide bonds. The van der Waals surface area contributed by atoms with Crippen molar-refractivity contribution in [2.75, 3.05) is 11.9 Å². The number of halogens is 1. The number of rotatable bonds is 6. The summed E-state index contributed by atoms with van der Waals surface area (Å²) in [4.78, 5) is 14.7. The zero-order chi connectivity index (χ0) is 15.5. The van der Waals surface area contributed by atoms with Gasteiger partial charge in [0, 0.05) is 18.8 Å². The first-order chi connectivity index (χ1) is 9.92. The van der Waals surface area contributed by atoms with E-state index in [0.29, 0.717) is 11.7 Å². The molecule has 1 aromatic rings. The fourth-order valence-electron chi connectivity index (χ4n) is 3.42. The second-order valence-corrected chi connectivity index (χ2v) is 6.87. The van der Waals surface area contributed by atoms with Crippen molar-refractivity contribution in [3.05, 3.63) is 27.4 Å². The maximum absolute atomic E-state index is 11.1. The molecule has 116 valence electrons. The van der Waals surface area contributed by atoms with Gasteiger partial charge in [0.15, 0.2) is 0 Å². The number of aromatic nitrogens is 1. The Balaban J connectivity index is 2.12. The number of hydrogen-bond acceptors (Lipinski definition) is 4. The Hall–Kier alpha value is -1.36. The Morgan fingerprint density at radius 3 is 2.71 bits per heavy atom. The molecule has 1 fully saturated rings. The number of nitrogens with zero attached hydrogens (tertiary/aromatic N) is 2. The third kappa shape index (κ3) is 4.06. The summed E-state index contributed by atoms with van der Waals surface area (Å²) in [6, 6.07) is 1.35. The van der Waals surface area contributed by atoms with Crippen LogP contribution in [0.5, 0.6) is 0 Å². The molecule has 2 rings (SSSR count). The van der Waals surface area contributed by atoms with Crippen LogP contribution in [0.4, 0.5) is 11.5 Å². The Morgan fingerprint density at radius 2 is 2.14 bits per heavy atom. The maximum atomic E-state index is 11.1. The summed E-state index contributed by atoms with van der Waals surface area (Å²) in [7, 11) is 0. The second kappa shape index (κ2) is 6.60. The largest absolute Gasteiger partial charge is 0.364 e. The van der Waals surface area contributed by atoms with E-state index in [4.69, 9.17) is 11.6 Å². The third-order valence-corrected chi connectivity index (χ3v) is 4.37. The number of nitrogens with one attached hydrogen (secondary N) is 1. The van der Waals surface area contributed by atoms with Crippen LogP contribution < -0.4 is 5.32 Å². The van der Waals surface area contributed by atoms with E-state index in [-0.39, 0.29) is 16.1 Å². The van der Waals surface area contributed by atoms with Gasteiger partial charge in [-0.25, -0.2) is 4.98 Å². The highest BCUT2D eigenvalue weighted by Gasteiger charge is 2.34. The van der Waals surface area contributed by atoms with E-state index in [0.717, 1.165) is 13.0 Å². The van der Waals surface area contributed by atoms with Crippen LogP contribution in [-0.2, 0) is 0 Å². The molecule has 0 saturated heterocycles. The summed E-state index contributed by atoms with van der Waals surface area (Å²) in [5.41, 5.74) is 0.184. The minimum atomic E-state index is -0.440. The molecule has 1 heterocycles. The number of hydrogen-bond donors (Lipinski definition) is 1. The van der Waals surface area contributed by atoms with Crippen molar-refractivity contribution in [1.29, 1.82) is 0 Å². The first kappa shape index (κ1) is 16.0. The zero-order valence-corrected chi connectivity index (χ0v) is 13.3. The summed E-state index contributed by atoms with van der Waals surface area (Å²) in [6.07, 6.45) is 7.43. The smallest absolute Gasteiger partial charge is 0.312 e. The molecule has 0 aromatic carbocycles. The topological polar surface area (TPSA) is 68.1 Å². The lowest BCUT2D eigenvalue weighted by Crippen LogP contribution is -2.29. The minimum absolute atomic E-state index is 0.0554. The zero-order valence-electron chi connectivity index (χ0n) is 12.6. The average Bonchev–Trinajstić information content (AvgIpc) is 2.85. The van der Waals surface area contributed by atoms with E-state index in [1.807, 2.05) is 0 Å². The van der Waals surface area contributed by atoms with Gasteiger partial charge in [-0.05, 0) is 30.6 Å². The van der Waals surface area contributed by atoms with Gasteiger partial charge >= 0.3 is 5.69 Å². The van der Waals surface area contributed by atoms with Crippen LogP contribution in [0.3, 0.4) is 0 Å². The van der Waals surface area contributed by atoms with Crippen LogP contribution >= 0.6 is 11.6 Å². The van der Waals surface area contributed by atoms with Gasteiger partial charge in [0.25, 0.3) is 0 Å². The molecule has 1 aliphatic rings. The average molecular weight is 312 g/mol. The van der Waals surface area contributed by atoms with Crippen LogP contribution in [0.1, 0.15) is 46.0 Å². The van der Waals surface area contributed by atoms with Gasteiger partial charge in [0.1, 0.15) is 0 Å². The molecular formula is C15H22ClN3O2. The Bertz CT molecular complexity index is 514. The van der Waals surface area contributed by atoms with Gasteiger partial charge in [-0.3, -0.25) is 10.1 Å². The molecule has 1 aromatic heterocycles. The van der Waals surface area contributed by atoms with Gasteiger partial charge in [0.05, 0.1) is 9.95 Å². The Kier molecular flexibility index (Phi) is 5.04. The van der Waals surface area contributed by atoms with E-state index in [1.165, 1.54) is 37.9 Å². The monoisotopic (exact) mass is 311 g/mol.